The first-order valence-corrected chi connectivity index (χ1v) is 7.97. The van der Waals surface area contributed by atoms with Crippen molar-refractivity contribution in [3.63, 3.8) is 0 Å². The average Bonchev–Trinajstić information content (AvgIpc) is 3.05. The molecule has 0 radical (unpaired) electrons. The summed E-state index contributed by atoms with van der Waals surface area (Å²) in [4.78, 5) is 16.8. The van der Waals surface area contributed by atoms with Crippen molar-refractivity contribution < 1.29 is 22.4 Å². The van der Waals surface area contributed by atoms with Crippen LogP contribution in [0.2, 0.25) is 0 Å². The summed E-state index contributed by atoms with van der Waals surface area (Å²) in [5, 5.41) is 2.48. The van der Waals surface area contributed by atoms with Crippen LogP contribution in [-0.2, 0) is 13.2 Å². The Hall–Kier alpha value is -3.16. The zero-order chi connectivity index (χ0) is 19.6. The Morgan fingerprint density at radius 2 is 1.78 bits per heavy atom. The molecule has 8 heteroatoms. The van der Waals surface area contributed by atoms with Crippen molar-refractivity contribution in [3.8, 4) is 0 Å². The third-order valence-corrected chi connectivity index (χ3v) is 4.09. The molecule has 0 spiro atoms. The molecule has 140 valence electrons. The van der Waals surface area contributed by atoms with E-state index in [-0.39, 0.29) is 11.4 Å². The Kier molecular flexibility index (Phi) is 4.98. The van der Waals surface area contributed by atoms with Crippen molar-refractivity contribution in [2.75, 3.05) is 0 Å². The molecule has 27 heavy (non-hydrogen) atoms. The SMILES string of the molecule is Cn1ccnc1C(NC(=O)c1ccccc1C(F)(F)F)c1ccccc1F. The molecule has 3 rings (SSSR count). The fraction of sp³-hybridized carbons (Fsp3) is 0.158. The Morgan fingerprint density at radius 1 is 1.11 bits per heavy atom. The quantitative estimate of drug-likeness (QED) is 0.696. The minimum absolute atomic E-state index is 0.102. The first-order valence-electron chi connectivity index (χ1n) is 7.97. The summed E-state index contributed by atoms with van der Waals surface area (Å²) in [6.45, 7) is 0. The van der Waals surface area contributed by atoms with E-state index >= 15 is 0 Å². The van der Waals surface area contributed by atoms with Gasteiger partial charge in [-0.2, -0.15) is 13.2 Å². The zero-order valence-corrected chi connectivity index (χ0v) is 14.2. The minimum Gasteiger partial charge on any atom is -0.338 e. The van der Waals surface area contributed by atoms with Crippen molar-refractivity contribution in [1.82, 2.24) is 14.9 Å². The summed E-state index contributed by atoms with van der Waals surface area (Å²) in [7, 11) is 1.64. The van der Waals surface area contributed by atoms with E-state index in [1.54, 1.807) is 23.9 Å². The number of aryl methyl sites for hydroxylation is 1. The second kappa shape index (κ2) is 7.22. The first-order chi connectivity index (χ1) is 12.8. The standard InChI is InChI=1S/C19H15F4N3O/c1-26-11-10-24-17(26)16(13-7-3-5-9-15(13)20)25-18(27)12-6-2-4-8-14(12)19(21,22)23/h2-11,16H,1H3,(H,25,27). The number of nitrogens with zero attached hydrogens (tertiary/aromatic N) is 2. The van der Waals surface area contributed by atoms with Crippen LogP contribution in [0.5, 0.6) is 0 Å². The summed E-state index contributed by atoms with van der Waals surface area (Å²) in [6.07, 6.45) is -1.64. The van der Waals surface area contributed by atoms with E-state index in [4.69, 9.17) is 0 Å². The molecular formula is C19H15F4N3O. The fourth-order valence-electron chi connectivity index (χ4n) is 2.78. The van der Waals surface area contributed by atoms with Gasteiger partial charge in [-0.05, 0) is 18.2 Å². The molecule has 2 aromatic carbocycles. The highest BCUT2D eigenvalue weighted by Gasteiger charge is 2.35. The average molecular weight is 377 g/mol. The Labute approximate surface area is 152 Å². The molecule has 0 aliphatic rings. The lowest BCUT2D eigenvalue weighted by atomic mass is 10.0. The lowest BCUT2D eigenvalue weighted by Crippen LogP contribution is -2.33. The van der Waals surface area contributed by atoms with Gasteiger partial charge < -0.3 is 9.88 Å². The largest absolute Gasteiger partial charge is 0.417 e. The van der Waals surface area contributed by atoms with E-state index in [1.165, 1.54) is 36.5 Å². The van der Waals surface area contributed by atoms with Crippen LogP contribution in [0.4, 0.5) is 17.6 Å². The van der Waals surface area contributed by atoms with E-state index in [1.807, 2.05) is 0 Å². The molecule has 1 unspecified atom stereocenters. The summed E-state index contributed by atoms with van der Waals surface area (Å²) in [5.74, 6) is -1.29. The molecule has 0 saturated heterocycles. The summed E-state index contributed by atoms with van der Waals surface area (Å²) >= 11 is 0. The topological polar surface area (TPSA) is 46.9 Å². The van der Waals surface area contributed by atoms with Crippen LogP contribution in [-0.4, -0.2) is 15.5 Å². The number of carbonyl (C=O) groups is 1. The highest BCUT2D eigenvalue weighted by Crippen LogP contribution is 2.32. The molecule has 1 aromatic heterocycles. The van der Waals surface area contributed by atoms with Gasteiger partial charge in [-0.1, -0.05) is 30.3 Å². The Balaban J connectivity index is 2.03. The van der Waals surface area contributed by atoms with E-state index < -0.39 is 35.1 Å². The van der Waals surface area contributed by atoms with E-state index in [2.05, 4.69) is 10.3 Å². The third kappa shape index (κ3) is 3.84. The number of amides is 1. The molecule has 0 bridgehead atoms. The molecule has 0 fully saturated rings. The van der Waals surface area contributed by atoms with Gasteiger partial charge in [-0.25, -0.2) is 9.37 Å². The number of rotatable bonds is 4. The van der Waals surface area contributed by atoms with Gasteiger partial charge in [0.25, 0.3) is 5.91 Å². The molecule has 1 N–H and O–H groups in total. The molecule has 4 nitrogen and oxygen atoms in total. The van der Waals surface area contributed by atoms with E-state index in [0.717, 1.165) is 12.1 Å². The monoisotopic (exact) mass is 377 g/mol. The Bertz CT molecular complexity index is 965. The molecule has 1 heterocycles. The third-order valence-electron chi connectivity index (χ3n) is 4.09. The fourth-order valence-corrected chi connectivity index (χ4v) is 2.78. The smallest absolute Gasteiger partial charge is 0.338 e. The predicted octanol–water partition coefficient (Wildman–Crippen LogP) is 4.10. The molecule has 1 atom stereocenters. The minimum atomic E-state index is -4.69. The number of aromatic nitrogens is 2. The molecule has 3 aromatic rings. The Morgan fingerprint density at radius 3 is 2.41 bits per heavy atom. The highest BCUT2D eigenvalue weighted by atomic mass is 19.4. The number of hydrogen-bond acceptors (Lipinski definition) is 2. The summed E-state index contributed by atoms with van der Waals surface area (Å²) < 4.78 is 55.5. The maximum Gasteiger partial charge on any atom is 0.417 e. The molecule has 1 amide bonds. The first kappa shape index (κ1) is 18.6. The number of halogens is 4. The van der Waals surface area contributed by atoms with Gasteiger partial charge in [-0.3, -0.25) is 4.79 Å². The van der Waals surface area contributed by atoms with Crippen LogP contribution in [0.25, 0.3) is 0 Å². The van der Waals surface area contributed by atoms with Crippen LogP contribution in [0.3, 0.4) is 0 Å². The summed E-state index contributed by atoms with van der Waals surface area (Å²) in [6, 6.07) is 9.10. The van der Waals surface area contributed by atoms with Crippen molar-refractivity contribution in [2.45, 2.75) is 12.2 Å². The van der Waals surface area contributed by atoms with Gasteiger partial charge in [0.2, 0.25) is 0 Å². The highest BCUT2D eigenvalue weighted by molar-refractivity contribution is 5.96. The second-order valence-corrected chi connectivity index (χ2v) is 5.87. The van der Waals surface area contributed by atoms with E-state index in [9.17, 15) is 22.4 Å². The predicted molar refractivity (Wildman–Crippen MR) is 90.4 cm³/mol. The molecule has 0 saturated carbocycles. The molecular weight excluding hydrogens is 362 g/mol. The van der Waals surface area contributed by atoms with Crippen molar-refractivity contribution in [2.24, 2.45) is 7.05 Å². The van der Waals surface area contributed by atoms with Crippen molar-refractivity contribution in [1.29, 1.82) is 0 Å². The van der Waals surface area contributed by atoms with Crippen LogP contribution < -0.4 is 5.32 Å². The maximum atomic E-state index is 14.3. The van der Waals surface area contributed by atoms with E-state index in [0.29, 0.717) is 0 Å². The second-order valence-electron chi connectivity index (χ2n) is 5.87. The van der Waals surface area contributed by atoms with Gasteiger partial charge in [0.15, 0.2) is 0 Å². The number of nitrogens with one attached hydrogen (secondary N) is 1. The van der Waals surface area contributed by atoms with Crippen molar-refractivity contribution >= 4 is 5.91 Å². The zero-order valence-electron chi connectivity index (χ0n) is 14.2. The van der Waals surface area contributed by atoms with Crippen molar-refractivity contribution in [3.05, 3.63) is 89.3 Å². The lowest BCUT2D eigenvalue weighted by molar-refractivity contribution is -0.137. The normalized spacial score (nSPS) is 12.6. The van der Waals surface area contributed by atoms with Crippen LogP contribution in [0.15, 0.2) is 60.9 Å². The number of hydrogen-bond donors (Lipinski definition) is 1. The van der Waals surface area contributed by atoms with Gasteiger partial charge in [0, 0.05) is 25.0 Å². The van der Waals surface area contributed by atoms with Gasteiger partial charge in [0.1, 0.15) is 17.7 Å². The molecule has 0 aliphatic heterocycles. The van der Waals surface area contributed by atoms with Gasteiger partial charge >= 0.3 is 6.18 Å². The number of benzene rings is 2. The molecule has 0 aliphatic carbocycles. The van der Waals surface area contributed by atoms with Gasteiger partial charge in [-0.15, -0.1) is 0 Å². The van der Waals surface area contributed by atoms with Crippen LogP contribution in [0.1, 0.15) is 33.4 Å². The number of carbonyl (C=O) groups excluding carboxylic acids is 1. The maximum absolute atomic E-state index is 14.3. The van der Waals surface area contributed by atoms with Crippen LogP contribution in [0, 0.1) is 5.82 Å². The summed E-state index contributed by atoms with van der Waals surface area (Å²) in [5.41, 5.74) is -1.50. The lowest BCUT2D eigenvalue weighted by Gasteiger charge is -2.21. The number of alkyl halides is 3. The number of imidazole rings is 1. The van der Waals surface area contributed by atoms with Crippen LogP contribution >= 0.6 is 0 Å². The van der Waals surface area contributed by atoms with Gasteiger partial charge in [0.05, 0.1) is 11.1 Å².